The third kappa shape index (κ3) is 4.11. The first kappa shape index (κ1) is 19.7. The predicted molar refractivity (Wildman–Crippen MR) is 104 cm³/mol. The van der Waals surface area contributed by atoms with E-state index < -0.39 is 15.9 Å². The number of hydrogen-bond acceptors (Lipinski definition) is 4. The third-order valence-electron chi connectivity index (χ3n) is 3.66. The Hall–Kier alpha value is -2.06. The molecule has 0 radical (unpaired) electrons. The van der Waals surface area contributed by atoms with Gasteiger partial charge in [0, 0.05) is 11.2 Å². The fourth-order valence-electron chi connectivity index (χ4n) is 2.35. The van der Waals surface area contributed by atoms with Gasteiger partial charge in [-0.2, -0.15) is 0 Å². The van der Waals surface area contributed by atoms with Gasteiger partial charge in [0.2, 0.25) is 0 Å². The molecule has 2 aromatic carbocycles. The number of nitrogens with zero attached hydrogens (tertiary/aromatic N) is 2. The predicted octanol–water partition coefficient (Wildman–Crippen LogP) is 4.26. The van der Waals surface area contributed by atoms with Gasteiger partial charge in [-0.05, 0) is 43.3 Å². The van der Waals surface area contributed by atoms with Crippen molar-refractivity contribution in [2.45, 2.75) is 11.8 Å². The molecule has 0 saturated heterocycles. The van der Waals surface area contributed by atoms with Crippen LogP contribution in [0.25, 0.3) is 5.69 Å². The highest BCUT2D eigenvalue weighted by atomic mass is 35.5. The summed E-state index contributed by atoms with van der Waals surface area (Å²) < 4.78 is 28.2. The number of benzene rings is 2. The van der Waals surface area contributed by atoms with E-state index in [2.05, 4.69) is 4.98 Å². The zero-order valence-corrected chi connectivity index (χ0v) is 16.9. The number of hydrogen-bond donors (Lipinski definition) is 1. The molecule has 1 aromatic heterocycles. The van der Waals surface area contributed by atoms with E-state index in [0.717, 1.165) is 0 Å². The summed E-state index contributed by atoms with van der Waals surface area (Å²) in [6.45, 7) is 1.65. The van der Waals surface area contributed by atoms with Gasteiger partial charge in [0.15, 0.2) is 0 Å². The Morgan fingerprint density at radius 2 is 1.74 bits per heavy atom. The average molecular weight is 445 g/mol. The quantitative estimate of drug-likeness (QED) is 0.652. The molecule has 3 aromatic rings. The summed E-state index contributed by atoms with van der Waals surface area (Å²) >= 11 is 18.0. The number of aryl methyl sites for hydroxylation is 1. The number of nitrogens with one attached hydrogen (secondary N) is 1. The molecule has 1 amide bonds. The molecule has 0 aliphatic heterocycles. The monoisotopic (exact) mass is 443 g/mol. The molecule has 0 saturated carbocycles. The lowest BCUT2D eigenvalue weighted by atomic mass is 10.3. The second-order valence-corrected chi connectivity index (χ2v) is 8.41. The average Bonchev–Trinajstić information content (AvgIpc) is 2.99. The van der Waals surface area contributed by atoms with Crippen LogP contribution < -0.4 is 4.72 Å². The molecular formula is C17H12Cl3N3O3S. The Balaban J connectivity index is 1.90. The van der Waals surface area contributed by atoms with Crippen LogP contribution >= 0.6 is 34.8 Å². The fourth-order valence-corrected chi connectivity index (χ4v) is 3.82. The van der Waals surface area contributed by atoms with E-state index in [-0.39, 0.29) is 10.6 Å². The molecule has 0 spiro atoms. The zero-order valence-electron chi connectivity index (χ0n) is 13.8. The van der Waals surface area contributed by atoms with Crippen molar-refractivity contribution in [2.24, 2.45) is 0 Å². The maximum Gasteiger partial charge on any atom is 0.285 e. The lowest BCUT2D eigenvalue weighted by Crippen LogP contribution is -2.30. The topological polar surface area (TPSA) is 81.1 Å². The first-order chi connectivity index (χ1) is 12.7. The van der Waals surface area contributed by atoms with Gasteiger partial charge in [-0.25, -0.2) is 18.1 Å². The number of imidazole rings is 1. The first-order valence-electron chi connectivity index (χ1n) is 7.52. The molecule has 10 heteroatoms. The number of carbonyl (C=O) groups excluding carboxylic acids is 1. The normalized spacial score (nSPS) is 11.4. The third-order valence-corrected chi connectivity index (χ3v) is 6.06. The van der Waals surface area contributed by atoms with Gasteiger partial charge in [-0.3, -0.25) is 4.79 Å². The SMILES string of the molecule is Cc1nc(C(=O)NS(=O)(=O)c2ccc(Cl)cc2)cn1-c1cccc(Cl)c1Cl. The number of rotatable bonds is 4. The summed E-state index contributed by atoms with van der Waals surface area (Å²) in [6, 6.07) is 10.5. The molecule has 0 unspecified atom stereocenters. The Labute approximate surface area is 170 Å². The van der Waals surface area contributed by atoms with Crippen molar-refractivity contribution in [3.05, 3.63) is 75.2 Å². The van der Waals surface area contributed by atoms with Crippen molar-refractivity contribution in [1.29, 1.82) is 0 Å². The van der Waals surface area contributed by atoms with E-state index in [1.165, 1.54) is 30.5 Å². The number of amides is 1. The summed E-state index contributed by atoms with van der Waals surface area (Å²) in [6.07, 6.45) is 1.39. The summed E-state index contributed by atoms with van der Waals surface area (Å²) in [7, 11) is -4.06. The second kappa shape index (κ2) is 7.52. The molecule has 1 N–H and O–H groups in total. The van der Waals surface area contributed by atoms with Crippen molar-refractivity contribution in [3.63, 3.8) is 0 Å². The highest BCUT2D eigenvalue weighted by Gasteiger charge is 2.22. The van der Waals surface area contributed by atoms with Crippen LogP contribution in [0.15, 0.2) is 53.6 Å². The molecule has 140 valence electrons. The molecule has 3 rings (SSSR count). The Morgan fingerprint density at radius 1 is 1.07 bits per heavy atom. The van der Waals surface area contributed by atoms with Crippen LogP contribution in [-0.4, -0.2) is 23.9 Å². The molecule has 0 aliphatic carbocycles. The Morgan fingerprint density at radius 3 is 2.41 bits per heavy atom. The molecule has 6 nitrogen and oxygen atoms in total. The van der Waals surface area contributed by atoms with Crippen molar-refractivity contribution in [1.82, 2.24) is 14.3 Å². The maximum absolute atomic E-state index is 12.4. The molecule has 1 heterocycles. The standard InChI is InChI=1S/C17H12Cl3N3O3S/c1-10-21-14(9-23(10)15-4-2-3-13(19)16(15)20)17(24)22-27(25,26)12-7-5-11(18)6-8-12/h2-9H,1H3,(H,22,24). The molecule has 0 aliphatic rings. The number of aromatic nitrogens is 2. The molecule has 27 heavy (non-hydrogen) atoms. The van der Waals surface area contributed by atoms with Crippen LogP contribution in [0.5, 0.6) is 0 Å². The maximum atomic E-state index is 12.4. The summed E-state index contributed by atoms with van der Waals surface area (Å²) in [4.78, 5) is 16.4. The lowest BCUT2D eigenvalue weighted by molar-refractivity contribution is 0.0977. The van der Waals surface area contributed by atoms with E-state index in [9.17, 15) is 13.2 Å². The van der Waals surface area contributed by atoms with Crippen molar-refractivity contribution >= 4 is 50.7 Å². The van der Waals surface area contributed by atoms with Crippen molar-refractivity contribution in [3.8, 4) is 5.69 Å². The van der Waals surface area contributed by atoms with E-state index in [0.29, 0.717) is 26.6 Å². The minimum atomic E-state index is -4.06. The number of halogens is 3. The smallest absolute Gasteiger partial charge is 0.285 e. The van der Waals surface area contributed by atoms with Crippen LogP contribution in [0.4, 0.5) is 0 Å². The Kier molecular flexibility index (Phi) is 5.48. The van der Waals surface area contributed by atoms with Gasteiger partial charge in [-0.15, -0.1) is 0 Å². The van der Waals surface area contributed by atoms with Gasteiger partial charge in [0.05, 0.1) is 20.6 Å². The van der Waals surface area contributed by atoms with Crippen LogP contribution in [0.1, 0.15) is 16.3 Å². The largest absolute Gasteiger partial charge is 0.302 e. The number of carbonyl (C=O) groups is 1. The van der Waals surface area contributed by atoms with Crippen LogP contribution in [0.2, 0.25) is 15.1 Å². The molecule has 0 atom stereocenters. The summed E-state index contributed by atoms with van der Waals surface area (Å²) in [5.74, 6) is -0.432. The zero-order chi connectivity index (χ0) is 19.8. The van der Waals surface area contributed by atoms with Gasteiger partial charge in [0.1, 0.15) is 11.5 Å². The highest BCUT2D eigenvalue weighted by molar-refractivity contribution is 7.90. The molecule has 0 bridgehead atoms. The summed E-state index contributed by atoms with van der Waals surface area (Å²) in [5, 5.41) is 1.02. The van der Waals surface area contributed by atoms with E-state index >= 15 is 0 Å². The molecule has 0 fully saturated rings. The molecular weight excluding hydrogens is 433 g/mol. The van der Waals surface area contributed by atoms with Gasteiger partial charge in [-0.1, -0.05) is 40.9 Å². The van der Waals surface area contributed by atoms with E-state index in [4.69, 9.17) is 34.8 Å². The second-order valence-electron chi connectivity index (χ2n) is 5.50. The van der Waals surface area contributed by atoms with E-state index in [1.807, 2.05) is 4.72 Å². The van der Waals surface area contributed by atoms with Crippen molar-refractivity contribution < 1.29 is 13.2 Å². The minimum absolute atomic E-state index is 0.0823. The van der Waals surface area contributed by atoms with Crippen LogP contribution in [0.3, 0.4) is 0 Å². The number of sulfonamides is 1. The van der Waals surface area contributed by atoms with Crippen molar-refractivity contribution in [2.75, 3.05) is 0 Å². The Bertz CT molecular complexity index is 1130. The van der Waals surface area contributed by atoms with Gasteiger partial charge >= 0.3 is 0 Å². The van der Waals surface area contributed by atoms with Crippen LogP contribution in [-0.2, 0) is 10.0 Å². The summed E-state index contributed by atoms with van der Waals surface area (Å²) in [5.41, 5.74) is 0.440. The minimum Gasteiger partial charge on any atom is -0.302 e. The highest BCUT2D eigenvalue weighted by Crippen LogP contribution is 2.29. The van der Waals surface area contributed by atoms with E-state index in [1.54, 1.807) is 29.7 Å². The van der Waals surface area contributed by atoms with Crippen LogP contribution in [0, 0.1) is 6.92 Å². The first-order valence-corrected chi connectivity index (χ1v) is 10.1. The van der Waals surface area contributed by atoms with Gasteiger partial charge < -0.3 is 4.57 Å². The lowest BCUT2D eigenvalue weighted by Gasteiger charge is -2.08. The van der Waals surface area contributed by atoms with Gasteiger partial charge in [0.25, 0.3) is 15.9 Å². The fraction of sp³-hybridized carbons (Fsp3) is 0.0588.